The number of carbonyl (C=O) groups is 2. The summed E-state index contributed by atoms with van der Waals surface area (Å²) in [6, 6.07) is 0.163. The van der Waals surface area contributed by atoms with Crippen molar-refractivity contribution in [1.29, 1.82) is 0 Å². The second-order valence-corrected chi connectivity index (χ2v) is 5.00. The van der Waals surface area contributed by atoms with Gasteiger partial charge in [0.2, 0.25) is 0 Å². The monoisotopic (exact) mass is 255 g/mol. The van der Waals surface area contributed by atoms with Gasteiger partial charge in [-0.1, -0.05) is 0 Å². The molecule has 5 nitrogen and oxygen atoms in total. The van der Waals surface area contributed by atoms with Crippen molar-refractivity contribution in [3.63, 3.8) is 0 Å². The van der Waals surface area contributed by atoms with Crippen LogP contribution < -0.4 is 16.4 Å². The molecule has 0 aromatic carbocycles. The van der Waals surface area contributed by atoms with Gasteiger partial charge in [0.05, 0.1) is 16.1 Å². The molecule has 0 fully saturated rings. The highest BCUT2D eigenvalue weighted by molar-refractivity contribution is 7.19. The molecule has 0 saturated heterocycles. The number of nitrogens with two attached hydrogens (primary N) is 1. The molecule has 1 heterocycles. The highest BCUT2D eigenvalue weighted by atomic mass is 32.1. The van der Waals surface area contributed by atoms with Gasteiger partial charge < -0.3 is 16.4 Å². The van der Waals surface area contributed by atoms with Gasteiger partial charge >= 0.3 is 0 Å². The summed E-state index contributed by atoms with van der Waals surface area (Å²) in [7, 11) is 1.53. The molecule has 0 bridgehead atoms. The van der Waals surface area contributed by atoms with Gasteiger partial charge in [-0.15, -0.1) is 11.3 Å². The Labute approximate surface area is 104 Å². The first-order chi connectivity index (χ1) is 7.88. The SMILES string of the molecule is CNC(=O)c1c(NC(C)C)sc(C(C)=O)c1N. The van der Waals surface area contributed by atoms with E-state index < -0.39 is 0 Å². The molecule has 1 amide bonds. The Morgan fingerprint density at radius 3 is 2.35 bits per heavy atom. The lowest BCUT2D eigenvalue weighted by Gasteiger charge is -2.09. The molecule has 94 valence electrons. The maximum atomic E-state index is 11.7. The second-order valence-electron chi connectivity index (χ2n) is 3.98. The molecule has 0 aliphatic carbocycles. The van der Waals surface area contributed by atoms with E-state index >= 15 is 0 Å². The topological polar surface area (TPSA) is 84.2 Å². The summed E-state index contributed by atoms with van der Waals surface area (Å²) in [6.07, 6.45) is 0. The van der Waals surface area contributed by atoms with Gasteiger partial charge in [-0.05, 0) is 13.8 Å². The van der Waals surface area contributed by atoms with Crippen LogP contribution in [0.5, 0.6) is 0 Å². The first-order valence-electron chi connectivity index (χ1n) is 5.30. The van der Waals surface area contributed by atoms with Crippen molar-refractivity contribution in [3.8, 4) is 0 Å². The molecule has 1 rings (SSSR count). The number of nitrogens with one attached hydrogen (secondary N) is 2. The standard InChI is InChI=1S/C11H17N3O2S/c1-5(2)14-11-7(10(16)13-4)8(12)9(17-11)6(3)15/h5,14H,12H2,1-4H3,(H,13,16). The number of anilines is 2. The van der Waals surface area contributed by atoms with Crippen molar-refractivity contribution >= 4 is 33.7 Å². The highest BCUT2D eigenvalue weighted by Crippen LogP contribution is 2.36. The zero-order valence-electron chi connectivity index (χ0n) is 10.4. The second kappa shape index (κ2) is 5.18. The van der Waals surface area contributed by atoms with Gasteiger partial charge in [-0.25, -0.2) is 0 Å². The van der Waals surface area contributed by atoms with Gasteiger partial charge in [0.1, 0.15) is 5.00 Å². The fourth-order valence-electron chi connectivity index (χ4n) is 1.42. The lowest BCUT2D eigenvalue weighted by Crippen LogP contribution is -2.21. The number of rotatable bonds is 4. The van der Waals surface area contributed by atoms with Crippen LogP contribution in [0.1, 0.15) is 40.8 Å². The third-order valence-corrected chi connectivity index (χ3v) is 3.38. The predicted octanol–water partition coefficient (Wildman–Crippen LogP) is 1.71. The number of hydrogen-bond donors (Lipinski definition) is 3. The zero-order chi connectivity index (χ0) is 13.2. The maximum Gasteiger partial charge on any atom is 0.256 e. The molecular formula is C11H17N3O2S. The Morgan fingerprint density at radius 2 is 1.94 bits per heavy atom. The Hall–Kier alpha value is -1.56. The Morgan fingerprint density at radius 1 is 1.35 bits per heavy atom. The van der Waals surface area contributed by atoms with Crippen molar-refractivity contribution in [2.45, 2.75) is 26.8 Å². The summed E-state index contributed by atoms with van der Waals surface area (Å²) in [5.41, 5.74) is 6.46. The molecule has 1 aromatic heterocycles. The molecule has 0 unspecified atom stereocenters. The molecular weight excluding hydrogens is 238 g/mol. The number of hydrogen-bond acceptors (Lipinski definition) is 5. The van der Waals surface area contributed by atoms with Crippen molar-refractivity contribution in [1.82, 2.24) is 5.32 Å². The van der Waals surface area contributed by atoms with Crippen molar-refractivity contribution in [3.05, 3.63) is 10.4 Å². The summed E-state index contributed by atoms with van der Waals surface area (Å²) in [6.45, 7) is 5.35. The molecule has 4 N–H and O–H groups in total. The Bertz CT molecular complexity index is 452. The van der Waals surface area contributed by atoms with Crippen LogP contribution in [0.25, 0.3) is 0 Å². The normalized spacial score (nSPS) is 10.4. The molecule has 0 saturated carbocycles. The van der Waals surface area contributed by atoms with Crippen LogP contribution >= 0.6 is 11.3 Å². The van der Waals surface area contributed by atoms with E-state index in [9.17, 15) is 9.59 Å². The molecule has 1 aromatic rings. The van der Waals surface area contributed by atoms with Crippen molar-refractivity contribution in [2.75, 3.05) is 18.1 Å². The number of amides is 1. The minimum Gasteiger partial charge on any atom is -0.397 e. The van der Waals surface area contributed by atoms with E-state index in [0.29, 0.717) is 15.4 Å². The summed E-state index contributed by atoms with van der Waals surface area (Å²) >= 11 is 1.22. The highest BCUT2D eigenvalue weighted by Gasteiger charge is 2.23. The van der Waals surface area contributed by atoms with Crippen LogP contribution in [0.4, 0.5) is 10.7 Å². The minimum atomic E-state index is -0.283. The third kappa shape index (κ3) is 2.76. The third-order valence-electron chi connectivity index (χ3n) is 2.14. The average molecular weight is 255 g/mol. The van der Waals surface area contributed by atoms with Crippen LogP contribution in [-0.4, -0.2) is 24.8 Å². The zero-order valence-corrected chi connectivity index (χ0v) is 11.2. The quantitative estimate of drug-likeness (QED) is 0.715. The molecule has 17 heavy (non-hydrogen) atoms. The Balaban J connectivity index is 3.31. The van der Waals surface area contributed by atoms with E-state index in [1.54, 1.807) is 0 Å². The van der Waals surface area contributed by atoms with E-state index in [2.05, 4.69) is 10.6 Å². The summed E-state index contributed by atoms with van der Waals surface area (Å²) < 4.78 is 0. The van der Waals surface area contributed by atoms with Gasteiger partial charge in [0.25, 0.3) is 5.91 Å². The smallest absolute Gasteiger partial charge is 0.256 e. The predicted molar refractivity (Wildman–Crippen MR) is 70.9 cm³/mol. The fourth-order valence-corrected chi connectivity index (χ4v) is 2.58. The van der Waals surface area contributed by atoms with Gasteiger partial charge in [-0.2, -0.15) is 0 Å². The van der Waals surface area contributed by atoms with Crippen LogP contribution in [0.2, 0.25) is 0 Å². The van der Waals surface area contributed by atoms with Crippen molar-refractivity contribution in [2.24, 2.45) is 0 Å². The molecule has 0 spiro atoms. The first kappa shape index (κ1) is 13.5. The number of thiophene rings is 1. The molecule has 0 radical (unpaired) electrons. The minimum absolute atomic E-state index is 0.130. The lowest BCUT2D eigenvalue weighted by molar-refractivity contribution is 0.0965. The molecule has 0 aliphatic heterocycles. The largest absolute Gasteiger partial charge is 0.397 e. The summed E-state index contributed by atoms with van der Waals surface area (Å²) in [4.78, 5) is 23.6. The van der Waals surface area contributed by atoms with Gasteiger partial charge in [0.15, 0.2) is 5.78 Å². The number of carbonyl (C=O) groups excluding carboxylic acids is 2. The number of Topliss-reactive ketones (excluding diaryl/α,β-unsaturated/α-hetero) is 1. The molecule has 0 aliphatic rings. The first-order valence-corrected chi connectivity index (χ1v) is 6.12. The average Bonchev–Trinajstić information content (AvgIpc) is 2.54. The number of nitrogen functional groups attached to an aromatic ring is 1. The lowest BCUT2D eigenvalue weighted by atomic mass is 10.2. The maximum absolute atomic E-state index is 11.7. The van der Waals surface area contributed by atoms with Crippen LogP contribution in [0.3, 0.4) is 0 Å². The van der Waals surface area contributed by atoms with Crippen LogP contribution in [0, 0.1) is 0 Å². The van der Waals surface area contributed by atoms with E-state index in [1.165, 1.54) is 25.3 Å². The number of ketones is 1. The van der Waals surface area contributed by atoms with E-state index in [1.807, 2.05) is 13.8 Å². The molecule has 0 atom stereocenters. The van der Waals surface area contributed by atoms with Crippen molar-refractivity contribution < 1.29 is 9.59 Å². The van der Waals surface area contributed by atoms with Gasteiger partial charge in [0, 0.05) is 20.0 Å². The van der Waals surface area contributed by atoms with E-state index in [0.717, 1.165) is 0 Å². The van der Waals surface area contributed by atoms with E-state index in [-0.39, 0.29) is 23.4 Å². The van der Waals surface area contributed by atoms with Crippen LogP contribution in [-0.2, 0) is 0 Å². The Kier molecular flexibility index (Phi) is 4.11. The summed E-state index contributed by atoms with van der Waals surface area (Å²) in [5.74, 6) is -0.413. The fraction of sp³-hybridized carbons (Fsp3) is 0.455. The van der Waals surface area contributed by atoms with E-state index in [4.69, 9.17) is 5.73 Å². The van der Waals surface area contributed by atoms with Crippen LogP contribution in [0.15, 0.2) is 0 Å². The van der Waals surface area contributed by atoms with Gasteiger partial charge in [-0.3, -0.25) is 9.59 Å². The molecule has 6 heteroatoms. The summed E-state index contributed by atoms with van der Waals surface area (Å²) in [5, 5.41) is 6.30.